The van der Waals surface area contributed by atoms with Gasteiger partial charge in [-0.05, 0) is 30.2 Å². The molecule has 0 spiro atoms. The average molecular weight is 268 g/mol. The van der Waals surface area contributed by atoms with Crippen molar-refractivity contribution in [2.24, 2.45) is 0 Å². The molecule has 1 aliphatic rings. The van der Waals surface area contributed by atoms with Crippen LogP contribution in [-0.4, -0.2) is 34.2 Å². The molecule has 0 N–H and O–H groups in total. The topological polar surface area (TPSA) is 52.6 Å². The van der Waals surface area contributed by atoms with E-state index in [9.17, 15) is 8.42 Å². The Labute approximate surface area is 107 Å². The molecule has 5 heteroatoms. The Balaban J connectivity index is 2.03. The SMILES string of the molecule is CS(=O)(=O)c1ccc(/C=C/C2OCCCO2)cc1. The molecule has 1 fully saturated rings. The van der Waals surface area contributed by atoms with E-state index in [-0.39, 0.29) is 6.29 Å². The second kappa shape index (κ2) is 5.65. The normalized spacial score (nSPS) is 18.3. The molecule has 0 bridgehead atoms. The third-order valence-corrected chi connectivity index (χ3v) is 3.74. The Hall–Kier alpha value is -1.17. The van der Waals surface area contributed by atoms with Gasteiger partial charge >= 0.3 is 0 Å². The van der Waals surface area contributed by atoms with Crippen molar-refractivity contribution >= 4 is 15.9 Å². The lowest BCUT2D eigenvalue weighted by Gasteiger charge is -2.19. The van der Waals surface area contributed by atoms with Gasteiger partial charge in [-0.3, -0.25) is 0 Å². The van der Waals surface area contributed by atoms with E-state index in [0.29, 0.717) is 18.1 Å². The highest BCUT2D eigenvalue weighted by Gasteiger charge is 2.10. The molecule has 1 aromatic carbocycles. The van der Waals surface area contributed by atoms with Gasteiger partial charge in [-0.25, -0.2) is 8.42 Å². The summed E-state index contributed by atoms with van der Waals surface area (Å²) in [5, 5.41) is 0. The van der Waals surface area contributed by atoms with E-state index in [1.807, 2.05) is 12.2 Å². The molecule has 18 heavy (non-hydrogen) atoms. The van der Waals surface area contributed by atoms with Gasteiger partial charge in [-0.15, -0.1) is 0 Å². The van der Waals surface area contributed by atoms with E-state index >= 15 is 0 Å². The first-order valence-electron chi connectivity index (χ1n) is 5.77. The lowest BCUT2D eigenvalue weighted by Crippen LogP contribution is -2.22. The van der Waals surface area contributed by atoms with Gasteiger partial charge in [0.05, 0.1) is 18.1 Å². The van der Waals surface area contributed by atoms with E-state index in [1.165, 1.54) is 6.26 Å². The zero-order valence-electron chi connectivity index (χ0n) is 10.2. The number of sulfone groups is 1. The standard InChI is InChI=1S/C13H16O4S/c1-18(14,15)12-6-3-11(4-7-12)5-8-13-16-9-2-10-17-13/h3-8,13H,2,9-10H2,1H3/b8-5+. The van der Waals surface area contributed by atoms with Crippen LogP contribution in [0, 0.1) is 0 Å². The summed E-state index contributed by atoms with van der Waals surface area (Å²) >= 11 is 0. The molecule has 1 aromatic rings. The van der Waals surface area contributed by atoms with Crippen LogP contribution in [0.5, 0.6) is 0 Å². The van der Waals surface area contributed by atoms with Crippen LogP contribution in [0.2, 0.25) is 0 Å². The van der Waals surface area contributed by atoms with Crippen molar-refractivity contribution in [3.05, 3.63) is 35.9 Å². The summed E-state index contributed by atoms with van der Waals surface area (Å²) in [4.78, 5) is 0.324. The fourth-order valence-corrected chi connectivity index (χ4v) is 2.26. The molecule has 98 valence electrons. The Bertz CT molecular complexity index is 510. The molecule has 2 rings (SSSR count). The van der Waals surface area contributed by atoms with Crippen molar-refractivity contribution in [1.29, 1.82) is 0 Å². The number of benzene rings is 1. The van der Waals surface area contributed by atoms with E-state index in [2.05, 4.69) is 0 Å². The minimum Gasteiger partial charge on any atom is -0.349 e. The number of ether oxygens (including phenoxy) is 2. The maximum absolute atomic E-state index is 11.3. The first-order valence-corrected chi connectivity index (χ1v) is 7.66. The lowest BCUT2D eigenvalue weighted by molar-refractivity contribution is -0.149. The largest absolute Gasteiger partial charge is 0.349 e. The summed E-state index contributed by atoms with van der Waals surface area (Å²) in [5.74, 6) is 0. The van der Waals surface area contributed by atoms with Gasteiger partial charge in [0.1, 0.15) is 0 Å². The molecule has 0 atom stereocenters. The van der Waals surface area contributed by atoms with Crippen LogP contribution in [-0.2, 0) is 19.3 Å². The number of hydrogen-bond donors (Lipinski definition) is 0. The second-order valence-electron chi connectivity index (χ2n) is 4.16. The summed E-state index contributed by atoms with van der Waals surface area (Å²) in [6.07, 6.45) is 5.51. The highest BCUT2D eigenvalue weighted by atomic mass is 32.2. The summed E-state index contributed by atoms with van der Waals surface area (Å²) in [6.45, 7) is 1.42. The summed E-state index contributed by atoms with van der Waals surface area (Å²) in [7, 11) is -3.13. The maximum atomic E-state index is 11.3. The molecule has 0 saturated carbocycles. The molecule has 0 radical (unpaired) electrons. The van der Waals surface area contributed by atoms with Crippen LogP contribution in [0.4, 0.5) is 0 Å². The molecule has 0 aromatic heterocycles. The molecule has 4 nitrogen and oxygen atoms in total. The Morgan fingerprint density at radius 2 is 1.78 bits per heavy atom. The summed E-state index contributed by atoms with van der Waals surface area (Å²) < 4.78 is 33.3. The second-order valence-corrected chi connectivity index (χ2v) is 6.18. The highest BCUT2D eigenvalue weighted by molar-refractivity contribution is 7.90. The zero-order chi connectivity index (χ0) is 13.0. The minimum atomic E-state index is -3.13. The van der Waals surface area contributed by atoms with E-state index < -0.39 is 9.84 Å². The van der Waals surface area contributed by atoms with Gasteiger partial charge in [-0.1, -0.05) is 18.2 Å². The Morgan fingerprint density at radius 3 is 2.33 bits per heavy atom. The van der Waals surface area contributed by atoms with Crippen molar-refractivity contribution in [2.45, 2.75) is 17.6 Å². The van der Waals surface area contributed by atoms with E-state index in [0.717, 1.165) is 12.0 Å². The third kappa shape index (κ3) is 3.66. The third-order valence-electron chi connectivity index (χ3n) is 2.61. The van der Waals surface area contributed by atoms with E-state index in [1.54, 1.807) is 24.3 Å². The fraction of sp³-hybridized carbons (Fsp3) is 0.385. The quantitative estimate of drug-likeness (QED) is 0.839. The summed E-state index contributed by atoms with van der Waals surface area (Å²) in [6, 6.07) is 6.71. The fourth-order valence-electron chi connectivity index (χ4n) is 1.63. The molecule has 0 aliphatic carbocycles. The molecular formula is C13H16O4S. The first kappa shape index (κ1) is 13.3. The summed E-state index contributed by atoms with van der Waals surface area (Å²) in [5.41, 5.74) is 0.917. The lowest BCUT2D eigenvalue weighted by atomic mass is 10.2. The molecule has 1 saturated heterocycles. The van der Waals surface area contributed by atoms with Gasteiger partial charge in [0, 0.05) is 6.26 Å². The highest BCUT2D eigenvalue weighted by Crippen LogP contribution is 2.13. The molecular weight excluding hydrogens is 252 g/mol. The monoisotopic (exact) mass is 268 g/mol. The van der Waals surface area contributed by atoms with Crippen LogP contribution >= 0.6 is 0 Å². The average Bonchev–Trinajstić information content (AvgIpc) is 2.37. The van der Waals surface area contributed by atoms with Gasteiger partial charge in [-0.2, -0.15) is 0 Å². The van der Waals surface area contributed by atoms with Crippen molar-refractivity contribution in [2.75, 3.05) is 19.5 Å². The van der Waals surface area contributed by atoms with Crippen LogP contribution in [0.15, 0.2) is 35.2 Å². The van der Waals surface area contributed by atoms with Gasteiger partial charge in [0.25, 0.3) is 0 Å². The predicted octanol–water partition coefficient (Wildman–Crippen LogP) is 1.87. The van der Waals surface area contributed by atoms with Crippen molar-refractivity contribution < 1.29 is 17.9 Å². The smallest absolute Gasteiger partial charge is 0.177 e. The van der Waals surface area contributed by atoms with Crippen LogP contribution in [0.3, 0.4) is 0 Å². The molecule has 0 amide bonds. The van der Waals surface area contributed by atoms with Crippen LogP contribution in [0.1, 0.15) is 12.0 Å². The van der Waals surface area contributed by atoms with Gasteiger partial charge in [0.2, 0.25) is 0 Å². The minimum absolute atomic E-state index is 0.298. The van der Waals surface area contributed by atoms with Crippen molar-refractivity contribution in [3.8, 4) is 0 Å². The first-order chi connectivity index (χ1) is 8.55. The van der Waals surface area contributed by atoms with Crippen LogP contribution in [0.25, 0.3) is 6.08 Å². The molecule has 1 heterocycles. The molecule has 1 aliphatic heterocycles. The Morgan fingerprint density at radius 1 is 1.17 bits per heavy atom. The number of rotatable bonds is 3. The Kier molecular flexibility index (Phi) is 4.16. The van der Waals surface area contributed by atoms with Crippen molar-refractivity contribution in [1.82, 2.24) is 0 Å². The number of hydrogen-bond acceptors (Lipinski definition) is 4. The zero-order valence-corrected chi connectivity index (χ0v) is 11.0. The van der Waals surface area contributed by atoms with Crippen LogP contribution < -0.4 is 0 Å². The molecule has 0 unspecified atom stereocenters. The van der Waals surface area contributed by atoms with E-state index in [4.69, 9.17) is 9.47 Å². The maximum Gasteiger partial charge on any atom is 0.177 e. The van der Waals surface area contributed by atoms with Gasteiger partial charge in [0.15, 0.2) is 16.1 Å². The predicted molar refractivity (Wildman–Crippen MR) is 68.9 cm³/mol. The van der Waals surface area contributed by atoms with Gasteiger partial charge < -0.3 is 9.47 Å². The van der Waals surface area contributed by atoms with Crippen molar-refractivity contribution in [3.63, 3.8) is 0 Å².